The number of hydroxylamine groups is 1. The molecule has 0 spiro atoms. The molecule has 0 aliphatic carbocycles. The number of hydrogen-bond acceptors (Lipinski definition) is 4. The lowest BCUT2D eigenvalue weighted by Gasteiger charge is -2.20. The zero-order valence-electron chi connectivity index (χ0n) is 15.7. The molecule has 0 atom stereocenters. The summed E-state index contributed by atoms with van der Waals surface area (Å²) in [4.78, 5) is 11.8. The molecule has 0 aliphatic rings. The Morgan fingerprint density at radius 1 is 1.15 bits per heavy atom. The summed E-state index contributed by atoms with van der Waals surface area (Å²) in [6.07, 6.45) is 0.966. The third-order valence-electron chi connectivity index (χ3n) is 4.03. The highest BCUT2D eigenvalue weighted by atomic mass is 16.5. The predicted molar refractivity (Wildman–Crippen MR) is 101 cm³/mol. The third kappa shape index (κ3) is 4.67. The number of carbonyl (C=O) groups is 1. The van der Waals surface area contributed by atoms with Gasteiger partial charge in [0.2, 0.25) is 0 Å². The van der Waals surface area contributed by atoms with Crippen LogP contribution in [0.1, 0.15) is 30.5 Å². The number of aryl methyl sites for hydroxylation is 2. The summed E-state index contributed by atoms with van der Waals surface area (Å²) in [7, 11) is 1.45. The fourth-order valence-corrected chi connectivity index (χ4v) is 2.60. The van der Waals surface area contributed by atoms with Gasteiger partial charge in [0.05, 0.1) is 12.3 Å². The van der Waals surface area contributed by atoms with E-state index in [0.717, 1.165) is 17.7 Å². The molecule has 0 aromatic heterocycles. The van der Waals surface area contributed by atoms with Crippen molar-refractivity contribution in [3.05, 3.63) is 53.1 Å². The molecular formula is C20H26N2O4. The molecule has 0 aliphatic heterocycles. The van der Waals surface area contributed by atoms with E-state index in [2.05, 4.69) is 18.3 Å². The number of hydrogen-bond donors (Lipinski definition) is 2. The van der Waals surface area contributed by atoms with Crippen LogP contribution in [-0.4, -0.2) is 24.9 Å². The van der Waals surface area contributed by atoms with Gasteiger partial charge in [-0.1, -0.05) is 19.1 Å². The smallest absolute Gasteiger partial charge is 0.345 e. The van der Waals surface area contributed by atoms with Gasteiger partial charge in [-0.3, -0.25) is 5.21 Å². The highest BCUT2D eigenvalue weighted by Crippen LogP contribution is 2.28. The van der Waals surface area contributed by atoms with Gasteiger partial charge in [-0.05, 0) is 55.7 Å². The van der Waals surface area contributed by atoms with Gasteiger partial charge in [0.15, 0.2) is 0 Å². The van der Waals surface area contributed by atoms with Gasteiger partial charge in [-0.25, -0.2) is 4.79 Å². The molecule has 140 valence electrons. The Morgan fingerprint density at radius 2 is 1.92 bits per heavy atom. The predicted octanol–water partition coefficient (Wildman–Crippen LogP) is 4.07. The largest absolute Gasteiger partial charge is 0.494 e. The molecule has 2 N–H and O–H groups in total. The number of benzene rings is 2. The van der Waals surface area contributed by atoms with Crippen LogP contribution in [0, 0.1) is 6.92 Å². The molecule has 0 fully saturated rings. The maximum atomic E-state index is 11.8. The summed E-state index contributed by atoms with van der Waals surface area (Å²) in [5, 5.41) is 13.1. The first-order chi connectivity index (χ1) is 12.5. The lowest BCUT2D eigenvalue weighted by Crippen LogP contribution is -2.36. The fraction of sp³-hybridized carbons (Fsp3) is 0.350. The van der Waals surface area contributed by atoms with Crippen LogP contribution >= 0.6 is 0 Å². The van der Waals surface area contributed by atoms with Crippen molar-refractivity contribution in [2.75, 3.05) is 18.7 Å². The topological polar surface area (TPSA) is 71.0 Å². The van der Waals surface area contributed by atoms with Crippen LogP contribution < -0.4 is 19.9 Å². The number of amides is 2. The van der Waals surface area contributed by atoms with Crippen molar-refractivity contribution in [1.82, 2.24) is 5.32 Å². The van der Waals surface area contributed by atoms with Crippen LogP contribution in [0.5, 0.6) is 11.5 Å². The maximum absolute atomic E-state index is 11.8. The first-order valence-corrected chi connectivity index (χ1v) is 8.68. The minimum absolute atomic E-state index is 0.191. The number of urea groups is 1. The molecular weight excluding hydrogens is 332 g/mol. The van der Waals surface area contributed by atoms with Crippen molar-refractivity contribution >= 4 is 11.7 Å². The summed E-state index contributed by atoms with van der Waals surface area (Å²) in [6, 6.07) is 10.5. The van der Waals surface area contributed by atoms with E-state index < -0.39 is 6.03 Å². The van der Waals surface area contributed by atoms with E-state index in [1.165, 1.54) is 12.6 Å². The average Bonchev–Trinajstić information content (AvgIpc) is 2.66. The van der Waals surface area contributed by atoms with E-state index in [9.17, 15) is 10.0 Å². The molecule has 0 saturated heterocycles. The Balaban J connectivity index is 2.27. The van der Waals surface area contributed by atoms with Gasteiger partial charge < -0.3 is 14.8 Å². The summed E-state index contributed by atoms with van der Waals surface area (Å²) in [6.45, 7) is 6.71. The molecule has 6 heteroatoms. The van der Waals surface area contributed by atoms with Gasteiger partial charge in [0, 0.05) is 12.6 Å². The summed E-state index contributed by atoms with van der Waals surface area (Å²) in [5.41, 5.74) is 3.27. The molecule has 2 rings (SSSR count). The first-order valence-electron chi connectivity index (χ1n) is 8.68. The Morgan fingerprint density at radius 3 is 2.54 bits per heavy atom. The minimum Gasteiger partial charge on any atom is -0.494 e. The van der Waals surface area contributed by atoms with Gasteiger partial charge in [-0.2, -0.15) is 5.06 Å². The van der Waals surface area contributed by atoms with Gasteiger partial charge >= 0.3 is 6.03 Å². The molecule has 0 radical (unpaired) electrons. The van der Waals surface area contributed by atoms with Gasteiger partial charge in [0.25, 0.3) is 0 Å². The monoisotopic (exact) mass is 358 g/mol. The summed E-state index contributed by atoms with van der Waals surface area (Å²) in [5.74, 6) is 1.41. The summed E-state index contributed by atoms with van der Waals surface area (Å²) < 4.78 is 11.5. The van der Waals surface area contributed by atoms with Crippen molar-refractivity contribution in [3.8, 4) is 11.5 Å². The SMILES string of the molecule is CCOc1ccc(N(O)C(=O)NC)c(COc2ccc(CC)cc2C)c1. The van der Waals surface area contributed by atoms with Crippen LogP contribution in [0.25, 0.3) is 0 Å². The van der Waals surface area contributed by atoms with E-state index in [4.69, 9.17) is 9.47 Å². The molecule has 0 saturated carbocycles. The van der Waals surface area contributed by atoms with E-state index >= 15 is 0 Å². The highest BCUT2D eigenvalue weighted by Gasteiger charge is 2.17. The Hall–Kier alpha value is -2.73. The Bertz CT molecular complexity index is 761. The second kappa shape index (κ2) is 9.10. The maximum Gasteiger partial charge on any atom is 0.345 e. The zero-order chi connectivity index (χ0) is 19.1. The van der Waals surface area contributed by atoms with Crippen molar-refractivity contribution in [3.63, 3.8) is 0 Å². The van der Waals surface area contributed by atoms with Crippen molar-refractivity contribution < 1.29 is 19.5 Å². The van der Waals surface area contributed by atoms with Crippen LogP contribution in [0.2, 0.25) is 0 Å². The van der Waals surface area contributed by atoms with Crippen molar-refractivity contribution in [2.24, 2.45) is 0 Å². The summed E-state index contributed by atoms with van der Waals surface area (Å²) >= 11 is 0. The van der Waals surface area contributed by atoms with E-state index in [1.807, 2.05) is 26.0 Å². The zero-order valence-corrected chi connectivity index (χ0v) is 15.7. The molecule has 2 aromatic rings. The number of nitrogens with one attached hydrogen (secondary N) is 1. The Labute approximate surface area is 154 Å². The molecule has 0 heterocycles. The van der Waals surface area contributed by atoms with E-state index in [0.29, 0.717) is 28.7 Å². The molecule has 6 nitrogen and oxygen atoms in total. The second-order valence-corrected chi connectivity index (χ2v) is 5.83. The second-order valence-electron chi connectivity index (χ2n) is 5.83. The number of rotatable bonds is 7. The first kappa shape index (κ1) is 19.6. The molecule has 2 amide bonds. The lowest BCUT2D eigenvalue weighted by atomic mass is 10.1. The average molecular weight is 358 g/mol. The van der Waals surface area contributed by atoms with E-state index in [1.54, 1.807) is 18.2 Å². The fourth-order valence-electron chi connectivity index (χ4n) is 2.60. The minimum atomic E-state index is -0.626. The standard InChI is InChI=1S/C20H26N2O4/c1-5-15-7-10-19(14(3)11-15)26-13-16-12-17(25-6-2)8-9-18(16)22(24)20(23)21-4/h7-12,24H,5-6,13H2,1-4H3,(H,21,23). The number of ether oxygens (including phenoxy) is 2. The Kier molecular flexibility index (Phi) is 6.86. The third-order valence-corrected chi connectivity index (χ3v) is 4.03. The quantitative estimate of drug-likeness (QED) is 0.578. The van der Waals surface area contributed by atoms with Crippen molar-refractivity contribution in [1.29, 1.82) is 0 Å². The van der Waals surface area contributed by atoms with Crippen LogP contribution in [0.3, 0.4) is 0 Å². The van der Waals surface area contributed by atoms with Gasteiger partial charge in [0.1, 0.15) is 18.1 Å². The van der Waals surface area contributed by atoms with Gasteiger partial charge in [-0.15, -0.1) is 0 Å². The highest BCUT2D eigenvalue weighted by molar-refractivity contribution is 5.90. The normalized spacial score (nSPS) is 10.3. The lowest BCUT2D eigenvalue weighted by molar-refractivity contribution is 0.205. The molecule has 26 heavy (non-hydrogen) atoms. The molecule has 0 bridgehead atoms. The van der Waals surface area contributed by atoms with Crippen molar-refractivity contribution in [2.45, 2.75) is 33.8 Å². The van der Waals surface area contributed by atoms with E-state index in [-0.39, 0.29) is 6.61 Å². The van der Waals surface area contributed by atoms with Crippen LogP contribution in [-0.2, 0) is 13.0 Å². The number of nitrogens with zero attached hydrogens (tertiary/aromatic N) is 1. The van der Waals surface area contributed by atoms with Crippen LogP contribution in [0.15, 0.2) is 36.4 Å². The molecule has 0 unspecified atom stereocenters. The molecule has 2 aromatic carbocycles. The number of anilines is 1. The van der Waals surface area contributed by atoms with Crippen LogP contribution in [0.4, 0.5) is 10.5 Å². The number of carbonyl (C=O) groups excluding carboxylic acids is 1.